The van der Waals surface area contributed by atoms with Crippen LogP contribution in [0.4, 0.5) is 5.82 Å². The van der Waals surface area contributed by atoms with E-state index in [0.29, 0.717) is 13.2 Å². The zero-order valence-electron chi connectivity index (χ0n) is 12.4. The van der Waals surface area contributed by atoms with Crippen LogP contribution < -0.4 is 5.32 Å². The molecule has 0 saturated carbocycles. The van der Waals surface area contributed by atoms with Crippen molar-refractivity contribution in [3.8, 4) is 0 Å². The number of hydrogen-bond donors (Lipinski definition) is 1. The van der Waals surface area contributed by atoms with E-state index in [4.69, 9.17) is 9.47 Å². The minimum Gasteiger partial charge on any atom is -0.379 e. The zero-order chi connectivity index (χ0) is 14.4. The minimum atomic E-state index is 0.115. The lowest BCUT2D eigenvalue weighted by Gasteiger charge is -2.32. The second-order valence-corrected chi connectivity index (χ2v) is 5.26. The smallest absolute Gasteiger partial charge is 0.147 e. The molecule has 2 rings (SSSR count). The minimum absolute atomic E-state index is 0.115. The number of aryl methyl sites for hydroxylation is 1. The first kappa shape index (κ1) is 14.9. The lowest BCUT2D eigenvalue weighted by molar-refractivity contribution is -0.0318. The van der Waals surface area contributed by atoms with Crippen LogP contribution in [0.25, 0.3) is 0 Å². The Kier molecular flexibility index (Phi) is 5.49. The first-order valence-corrected chi connectivity index (χ1v) is 7.03. The Morgan fingerprint density at radius 2 is 2.25 bits per heavy atom. The SMILES string of the molecule is CC(C)=CCO[C@@H]1CCOC[C@@H]1Nc1nccnc1C. The Hall–Kier alpha value is -1.46. The highest BCUT2D eigenvalue weighted by molar-refractivity contribution is 5.39. The van der Waals surface area contributed by atoms with Crippen LogP contribution in [0, 0.1) is 6.92 Å². The van der Waals surface area contributed by atoms with Crippen molar-refractivity contribution in [1.29, 1.82) is 0 Å². The van der Waals surface area contributed by atoms with Gasteiger partial charge in [0.05, 0.1) is 31.1 Å². The average molecular weight is 277 g/mol. The Balaban J connectivity index is 1.96. The molecule has 0 amide bonds. The average Bonchev–Trinajstić information content (AvgIpc) is 2.43. The lowest BCUT2D eigenvalue weighted by Crippen LogP contribution is -2.44. The molecule has 5 nitrogen and oxygen atoms in total. The molecule has 110 valence electrons. The van der Waals surface area contributed by atoms with Gasteiger partial charge in [-0.25, -0.2) is 4.98 Å². The third-order valence-corrected chi connectivity index (χ3v) is 3.30. The fourth-order valence-electron chi connectivity index (χ4n) is 2.12. The van der Waals surface area contributed by atoms with Gasteiger partial charge in [-0.3, -0.25) is 4.98 Å². The van der Waals surface area contributed by atoms with Crippen LogP contribution in [0.15, 0.2) is 24.0 Å². The third-order valence-electron chi connectivity index (χ3n) is 3.30. The van der Waals surface area contributed by atoms with Gasteiger partial charge in [0.25, 0.3) is 0 Å². The van der Waals surface area contributed by atoms with Crippen molar-refractivity contribution in [3.05, 3.63) is 29.7 Å². The van der Waals surface area contributed by atoms with E-state index in [0.717, 1.165) is 24.5 Å². The number of anilines is 1. The second kappa shape index (κ2) is 7.36. The van der Waals surface area contributed by atoms with Crippen LogP contribution in [0.1, 0.15) is 26.0 Å². The number of ether oxygens (including phenoxy) is 2. The summed E-state index contributed by atoms with van der Waals surface area (Å²) >= 11 is 0. The number of rotatable bonds is 5. The normalized spacial score (nSPS) is 22.4. The van der Waals surface area contributed by atoms with E-state index >= 15 is 0 Å². The maximum absolute atomic E-state index is 5.95. The van der Waals surface area contributed by atoms with Crippen molar-refractivity contribution >= 4 is 5.82 Å². The number of hydrogen-bond acceptors (Lipinski definition) is 5. The van der Waals surface area contributed by atoms with Crippen LogP contribution >= 0.6 is 0 Å². The molecule has 0 aliphatic carbocycles. The van der Waals surface area contributed by atoms with Gasteiger partial charge in [-0.2, -0.15) is 0 Å². The standard InChI is InChI=1S/C15H23N3O2/c1-11(2)4-9-20-14-5-8-19-10-13(14)18-15-12(3)16-6-7-17-15/h4,6-7,13-14H,5,8-10H2,1-3H3,(H,17,18)/t13-,14+/m0/s1. The molecule has 1 aliphatic rings. The summed E-state index contributed by atoms with van der Waals surface area (Å²) in [7, 11) is 0. The predicted octanol–water partition coefficient (Wildman–Crippen LogP) is 2.34. The van der Waals surface area contributed by atoms with E-state index in [9.17, 15) is 0 Å². The quantitative estimate of drug-likeness (QED) is 0.837. The third kappa shape index (κ3) is 4.28. The number of allylic oxidation sites excluding steroid dienone is 1. The Labute approximate surface area is 120 Å². The van der Waals surface area contributed by atoms with Gasteiger partial charge >= 0.3 is 0 Å². The number of nitrogens with zero attached hydrogens (tertiary/aromatic N) is 2. The van der Waals surface area contributed by atoms with Crippen LogP contribution in [-0.4, -0.2) is 41.9 Å². The van der Waals surface area contributed by atoms with Gasteiger partial charge in [0.1, 0.15) is 5.82 Å². The van der Waals surface area contributed by atoms with Gasteiger partial charge in [0, 0.05) is 19.0 Å². The lowest BCUT2D eigenvalue weighted by atomic mass is 10.1. The van der Waals surface area contributed by atoms with Gasteiger partial charge in [0.2, 0.25) is 0 Å². The molecule has 1 N–H and O–H groups in total. The van der Waals surface area contributed by atoms with Gasteiger partial charge < -0.3 is 14.8 Å². The first-order valence-electron chi connectivity index (χ1n) is 7.03. The van der Waals surface area contributed by atoms with Crippen molar-refractivity contribution < 1.29 is 9.47 Å². The summed E-state index contributed by atoms with van der Waals surface area (Å²) in [6.07, 6.45) is 6.52. The molecule has 0 aromatic carbocycles. The molecular weight excluding hydrogens is 254 g/mol. The number of aromatic nitrogens is 2. The summed E-state index contributed by atoms with van der Waals surface area (Å²) in [5.74, 6) is 0.804. The molecular formula is C15H23N3O2. The molecule has 2 heterocycles. The van der Waals surface area contributed by atoms with Gasteiger partial charge in [-0.15, -0.1) is 0 Å². The topological polar surface area (TPSA) is 56.3 Å². The highest BCUT2D eigenvalue weighted by atomic mass is 16.5. The molecule has 0 unspecified atom stereocenters. The summed E-state index contributed by atoms with van der Waals surface area (Å²) in [5.41, 5.74) is 2.16. The summed E-state index contributed by atoms with van der Waals surface area (Å²) < 4.78 is 11.5. The summed E-state index contributed by atoms with van der Waals surface area (Å²) in [6.45, 7) is 8.12. The molecule has 1 aliphatic heterocycles. The van der Waals surface area contributed by atoms with Crippen LogP contribution in [-0.2, 0) is 9.47 Å². The molecule has 2 atom stereocenters. The molecule has 1 fully saturated rings. The molecule has 0 radical (unpaired) electrons. The fraction of sp³-hybridized carbons (Fsp3) is 0.600. The van der Waals surface area contributed by atoms with Crippen molar-refractivity contribution in [2.75, 3.05) is 25.1 Å². The zero-order valence-corrected chi connectivity index (χ0v) is 12.4. The van der Waals surface area contributed by atoms with Crippen LogP contribution in [0.2, 0.25) is 0 Å². The number of nitrogens with one attached hydrogen (secondary N) is 1. The molecule has 5 heteroatoms. The predicted molar refractivity (Wildman–Crippen MR) is 78.8 cm³/mol. The van der Waals surface area contributed by atoms with Crippen molar-refractivity contribution in [1.82, 2.24) is 9.97 Å². The maximum Gasteiger partial charge on any atom is 0.147 e. The maximum atomic E-state index is 5.95. The van der Waals surface area contributed by atoms with Gasteiger partial charge in [0.15, 0.2) is 0 Å². The summed E-state index contributed by atoms with van der Waals surface area (Å²) in [5, 5.41) is 3.39. The highest BCUT2D eigenvalue weighted by Crippen LogP contribution is 2.17. The fourth-order valence-corrected chi connectivity index (χ4v) is 2.12. The Bertz CT molecular complexity index is 458. The van der Waals surface area contributed by atoms with E-state index < -0.39 is 0 Å². The summed E-state index contributed by atoms with van der Waals surface area (Å²) in [6, 6.07) is 0.115. The van der Waals surface area contributed by atoms with Gasteiger partial charge in [-0.1, -0.05) is 11.6 Å². The van der Waals surface area contributed by atoms with E-state index in [1.54, 1.807) is 12.4 Å². The molecule has 0 bridgehead atoms. The van der Waals surface area contributed by atoms with E-state index in [2.05, 4.69) is 35.2 Å². The molecule has 20 heavy (non-hydrogen) atoms. The molecule has 1 saturated heterocycles. The second-order valence-electron chi connectivity index (χ2n) is 5.26. The summed E-state index contributed by atoms with van der Waals surface area (Å²) in [4.78, 5) is 8.56. The molecule has 1 aromatic rings. The van der Waals surface area contributed by atoms with E-state index in [1.807, 2.05) is 6.92 Å². The van der Waals surface area contributed by atoms with Crippen molar-refractivity contribution in [3.63, 3.8) is 0 Å². The molecule has 1 aromatic heterocycles. The van der Waals surface area contributed by atoms with Crippen molar-refractivity contribution in [2.24, 2.45) is 0 Å². The van der Waals surface area contributed by atoms with E-state index in [-0.39, 0.29) is 12.1 Å². The van der Waals surface area contributed by atoms with Crippen LogP contribution in [0.5, 0.6) is 0 Å². The van der Waals surface area contributed by atoms with Gasteiger partial charge in [-0.05, 0) is 27.2 Å². The Morgan fingerprint density at radius 1 is 1.45 bits per heavy atom. The van der Waals surface area contributed by atoms with Crippen LogP contribution in [0.3, 0.4) is 0 Å². The largest absolute Gasteiger partial charge is 0.379 e. The monoisotopic (exact) mass is 277 g/mol. The van der Waals surface area contributed by atoms with Crippen molar-refractivity contribution in [2.45, 2.75) is 39.3 Å². The first-order chi connectivity index (χ1) is 9.66. The Morgan fingerprint density at radius 3 is 3.00 bits per heavy atom. The highest BCUT2D eigenvalue weighted by Gasteiger charge is 2.27. The van der Waals surface area contributed by atoms with E-state index in [1.165, 1.54) is 5.57 Å². The molecule has 0 spiro atoms.